The highest BCUT2D eigenvalue weighted by Crippen LogP contribution is 2.30. The molecule has 0 amide bonds. The molecular weight excluding hydrogens is 256 g/mol. The third-order valence-electron chi connectivity index (χ3n) is 4.50. The van der Waals surface area contributed by atoms with Crippen molar-refractivity contribution in [2.24, 2.45) is 5.92 Å². The van der Waals surface area contributed by atoms with Gasteiger partial charge in [-0.15, -0.1) is 0 Å². The Hall–Kier alpha value is -1.02. The highest BCUT2D eigenvalue weighted by Gasteiger charge is 2.18. The number of nitrogens with zero attached hydrogens (tertiary/aromatic N) is 1. The van der Waals surface area contributed by atoms with Gasteiger partial charge in [-0.3, -0.25) is 0 Å². The summed E-state index contributed by atoms with van der Waals surface area (Å²) in [5, 5.41) is 3.59. The molecule has 1 atom stereocenters. The summed E-state index contributed by atoms with van der Waals surface area (Å²) < 4.78 is 0. The smallest absolute Gasteiger partial charge is 0.0398 e. The van der Waals surface area contributed by atoms with Gasteiger partial charge in [0.15, 0.2) is 0 Å². The molecule has 1 N–H and O–H groups in total. The standard InChI is InChI=1S/C19H32N2/c1-5-11-20-16(4)17-8-9-19-18(14-17)7-6-12-21(19)13-10-15(2)3/h8-9,14-16,20H,5-7,10-13H2,1-4H3. The summed E-state index contributed by atoms with van der Waals surface area (Å²) in [5.74, 6) is 0.785. The van der Waals surface area contributed by atoms with E-state index in [1.807, 2.05) is 0 Å². The highest BCUT2D eigenvalue weighted by molar-refractivity contribution is 5.57. The monoisotopic (exact) mass is 288 g/mol. The van der Waals surface area contributed by atoms with Crippen LogP contribution >= 0.6 is 0 Å². The second-order valence-corrected chi connectivity index (χ2v) is 6.84. The van der Waals surface area contributed by atoms with E-state index in [1.54, 1.807) is 5.56 Å². The van der Waals surface area contributed by atoms with Gasteiger partial charge in [-0.2, -0.15) is 0 Å². The molecule has 1 aliphatic rings. The molecular formula is C19H32N2. The second-order valence-electron chi connectivity index (χ2n) is 6.84. The summed E-state index contributed by atoms with van der Waals surface area (Å²) in [6.45, 7) is 12.6. The minimum Gasteiger partial charge on any atom is -0.371 e. The van der Waals surface area contributed by atoms with Gasteiger partial charge in [0.2, 0.25) is 0 Å². The number of anilines is 1. The third-order valence-corrected chi connectivity index (χ3v) is 4.50. The fourth-order valence-electron chi connectivity index (χ4n) is 3.09. The van der Waals surface area contributed by atoms with Crippen LogP contribution in [0.4, 0.5) is 5.69 Å². The summed E-state index contributed by atoms with van der Waals surface area (Å²) >= 11 is 0. The van der Waals surface area contributed by atoms with E-state index in [9.17, 15) is 0 Å². The van der Waals surface area contributed by atoms with Crippen molar-refractivity contribution in [1.82, 2.24) is 5.32 Å². The lowest BCUT2D eigenvalue weighted by atomic mass is 9.96. The van der Waals surface area contributed by atoms with E-state index >= 15 is 0 Å². The van der Waals surface area contributed by atoms with Crippen molar-refractivity contribution in [3.63, 3.8) is 0 Å². The molecule has 0 radical (unpaired) electrons. The topological polar surface area (TPSA) is 15.3 Å². The Morgan fingerprint density at radius 3 is 2.76 bits per heavy atom. The quantitative estimate of drug-likeness (QED) is 0.792. The first kappa shape index (κ1) is 16.4. The molecule has 0 spiro atoms. The number of hydrogen-bond acceptors (Lipinski definition) is 2. The van der Waals surface area contributed by atoms with E-state index in [2.05, 4.69) is 56.1 Å². The van der Waals surface area contributed by atoms with Crippen LogP contribution in [0, 0.1) is 5.92 Å². The molecule has 21 heavy (non-hydrogen) atoms. The molecule has 0 aromatic heterocycles. The van der Waals surface area contributed by atoms with E-state index in [4.69, 9.17) is 0 Å². The average molecular weight is 288 g/mol. The fourth-order valence-corrected chi connectivity index (χ4v) is 3.09. The fraction of sp³-hybridized carbons (Fsp3) is 0.684. The summed E-state index contributed by atoms with van der Waals surface area (Å²) in [7, 11) is 0. The predicted octanol–water partition coefficient (Wildman–Crippen LogP) is 4.55. The first-order valence-corrected chi connectivity index (χ1v) is 8.73. The minimum atomic E-state index is 0.460. The summed E-state index contributed by atoms with van der Waals surface area (Å²) in [6, 6.07) is 7.57. The van der Waals surface area contributed by atoms with Crippen molar-refractivity contribution < 1.29 is 0 Å². The first-order chi connectivity index (χ1) is 10.1. The molecule has 2 heteroatoms. The molecule has 1 aromatic carbocycles. The normalized spacial score (nSPS) is 16.1. The average Bonchev–Trinajstić information content (AvgIpc) is 2.49. The number of rotatable bonds is 7. The van der Waals surface area contributed by atoms with Gasteiger partial charge in [0.1, 0.15) is 0 Å². The number of nitrogens with one attached hydrogen (secondary N) is 1. The molecule has 118 valence electrons. The van der Waals surface area contributed by atoms with Crippen LogP contribution in [0.5, 0.6) is 0 Å². The van der Waals surface area contributed by atoms with Crippen LogP contribution in [-0.4, -0.2) is 19.6 Å². The van der Waals surface area contributed by atoms with Crippen molar-refractivity contribution in [3.05, 3.63) is 29.3 Å². The van der Waals surface area contributed by atoms with Crippen LogP contribution in [0.1, 0.15) is 64.1 Å². The SMILES string of the molecule is CCCNC(C)c1ccc2c(c1)CCCN2CCC(C)C. The van der Waals surface area contributed by atoms with Gasteiger partial charge in [0.05, 0.1) is 0 Å². The maximum Gasteiger partial charge on any atom is 0.0398 e. The minimum absolute atomic E-state index is 0.460. The summed E-state index contributed by atoms with van der Waals surface area (Å²) in [6.07, 6.45) is 5.01. The van der Waals surface area contributed by atoms with Gasteiger partial charge in [-0.25, -0.2) is 0 Å². The van der Waals surface area contributed by atoms with Crippen LogP contribution in [0.15, 0.2) is 18.2 Å². The number of hydrogen-bond donors (Lipinski definition) is 1. The zero-order valence-electron chi connectivity index (χ0n) is 14.3. The van der Waals surface area contributed by atoms with Gasteiger partial charge >= 0.3 is 0 Å². The van der Waals surface area contributed by atoms with Crippen molar-refractivity contribution in [2.75, 3.05) is 24.5 Å². The van der Waals surface area contributed by atoms with Crippen LogP contribution in [0.2, 0.25) is 0 Å². The molecule has 2 nitrogen and oxygen atoms in total. The Balaban J connectivity index is 2.08. The van der Waals surface area contributed by atoms with Gasteiger partial charge < -0.3 is 10.2 Å². The lowest BCUT2D eigenvalue weighted by Crippen LogP contribution is -2.31. The molecule has 0 fully saturated rings. The Morgan fingerprint density at radius 2 is 2.05 bits per heavy atom. The summed E-state index contributed by atoms with van der Waals surface area (Å²) in [4.78, 5) is 2.59. The molecule has 0 aliphatic carbocycles. The summed E-state index contributed by atoms with van der Waals surface area (Å²) in [5.41, 5.74) is 4.47. The van der Waals surface area contributed by atoms with Gasteiger partial charge in [0.25, 0.3) is 0 Å². The van der Waals surface area contributed by atoms with Gasteiger partial charge in [0, 0.05) is 24.8 Å². The van der Waals surface area contributed by atoms with Crippen molar-refractivity contribution in [1.29, 1.82) is 0 Å². The van der Waals surface area contributed by atoms with Gasteiger partial charge in [-0.05, 0) is 62.3 Å². The maximum absolute atomic E-state index is 3.59. The Kier molecular flexibility index (Phi) is 6.10. The van der Waals surface area contributed by atoms with Crippen LogP contribution < -0.4 is 10.2 Å². The molecule has 0 saturated carbocycles. The maximum atomic E-state index is 3.59. The largest absolute Gasteiger partial charge is 0.371 e. The van der Waals surface area contributed by atoms with Crippen molar-refractivity contribution in [3.8, 4) is 0 Å². The van der Waals surface area contributed by atoms with Crippen LogP contribution in [-0.2, 0) is 6.42 Å². The lowest BCUT2D eigenvalue weighted by molar-refractivity contribution is 0.557. The first-order valence-electron chi connectivity index (χ1n) is 8.73. The van der Waals surface area contributed by atoms with E-state index in [-0.39, 0.29) is 0 Å². The van der Waals surface area contributed by atoms with Crippen molar-refractivity contribution in [2.45, 2.75) is 59.4 Å². The highest BCUT2D eigenvalue weighted by atomic mass is 15.1. The predicted molar refractivity (Wildman–Crippen MR) is 93.1 cm³/mol. The molecule has 1 heterocycles. The third kappa shape index (κ3) is 4.47. The molecule has 2 rings (SSSR count). The molecule has 0 saturated heterocycles. The van der Waals surface area contributed by atoms with E-state index in [0.717, 1.165) is 12.5 Å². The lowest BCUT2D eigenvalue weighted by Gasteiger charge is -2.32. The molecule has 0 bridgehead atoms. The van der Waals surface area contributed by atoms with Crippen LogP contribution in [0.3, 0.4) is 0 Å². The molecule has 1 unspecified atom stereocenters. The van der Waals surface area contributed by atoms with E-state index in [0.29, 0.717) is 6.04 Å². The number of benzene rings is 1. The Morgan fingerprint density at radius 1 is 1.24 bits per heavy atom. The Labute approximate surface area is 130 Å². The number of fused-ring (bicyclic) bond motifs is 1. The van der Waals surface area contributed by atoms with E-state index in [1.165, 1.54) is 50.0 Å². The molecule has 1 aromatic rings. The van der Waals surface area contributed by atoms with Crippen LogP contribution in [0.25, 0.3) is 0 Å². The van der Waals surface area contributed by atoms with E-state index < -0.39 is 0 Å². The molecule has 1 aliphatic heterocycles. The zero-order chi connectivity index (χ0) is 15.2. The zero-order valence-corrected chi connectivity index (χ0v) is 14.3. The second kappa shape index (κ2) is 7.84. The van der Waals surface area contributed by atoms with Gasteiger partial charge in [-0.1, -0.05) is 32.9 Å². The Bertz CT molecular complexity index is 439. The van der Waals surface area contributed by atoms with Crippen molar-refractivity contribution >= 4 is 5.69 Å². The number of aryl methyl sites for hydroxylation is 1.